The summed E-state index contributed by atoms with van der Waals surface area (Å²) >= 11 is 0. The molecule has 0 amide bonds. The monoisotopic (exact) mass is 210 g/mol. The maximum absolute atomic E-state index is 6.40. The van der Waals surface area contributed by atoms with E-state index in [1.807, 2.05) is 0 Å². The van der Waals surface area contributed by atoms with Crippen molar-refractivity contribution in [2.24, 2.45) is 11.3 Å². The van der Waals surface area contributed by atoms with Crippen molar-refractivity contribution in [3.8, 4) is 0 Å². The van der Waals surface area contributed by atoms with Gasteiger partial charge in [0.15, 0.2) is 0 Å². The summed E-state index contributed by atoms with van der Waals surface area (Å²) in [6.45, 7) is 11.7. The Labute approximate surface area is 94.6 Å². The summed E-state index contributed by atoms with van der Waals surface area (Å²) in [6, 6.07) is 0. The first-order valence-electron chi connectivity index (χ1n) is 6.45. The first kappa shape index (κ1) is 11.4. The Morgan fingerprint density at radius 2 is 1.60 bits per heavy atom. The first-order chi connectivity index (χ1) is 6.75. The van der Waals surface area contributed by atoms with Gasteiger partial charge in [-0.3, -0.25) is 0 Å². The predicted octanol–water partition coefficient (Wildman–Crippen LogP) is 4.16. The van der Waals surface area contributed by atoms with Crippen LogP contribution in [-0.2, 0) is 4.74 Å². The van der Waals surface area contributed by atoms with Gasteiger partial charge < -0.3 is 4.74 Å². The van der Waals surface area contributed by atoms with Crippen molar-refractivity contribution in [3.05, 3.63) is 0 Å². The Morgan fingerprint density at radius 1 is 0.933 bits per heavy atom. The topological polar surface area (TPSA) is 9.23 Å². The number of hydrogen-bond donors (Lipinski definition) is 0. The average Bonchev–Trinajstić information content (AvgIpc) is 1.98. The van der Waals surface area contributed by atoms with Crippen molar-refractivity contribution in [2.75, 3.05) is 0 Å². The van der Waals surface area contributed by atoms with Crippen LogP contribution in [-0.4, -0.2) is 11.2 Å². The number of ether oxygens (including phenoxy) is 1. The molecule has 1 aliphatic carbocycles. The number of rotatable bonds is 0. The zero-order valence-electron chi connectivity index (χ0n) is 11.0. The van der Waals surface area contributed by atoms with E-state index in [0.717, 1.165) is 5.92 Å². The molecule has 0 radical (unpaired) electrons. The normalized spacial score (nSPS) is 43.4. The predicted molar refractivity (Wildman–Crippen MR) is 63.9 cm³/mol. The van der Waals surface area contributed by atoms with Gasteiger partial charge in [0, 0.05) is 0 Å². The summed E-state index contributed by atoms with van der Waals surface area (Å²) in [5, 5.41) is 0. The van der Waals surface area contributed by atoms with E-state index in [9.17, 15) is 0 Å². The summed E-state index contributed by atoms with van der Waals surface area (Å²) in [4.78, 5) is 0. The second-order valence-corrected chi connectivity index (χ2v) is 7.11. The standard InChI is InChI=1S/C14H26O/c1-12(2)8-6-9-14(5)11(12)7-10-13(3,4)15-14/h11H,6-10H2,1-5H3/t11-,14-/m0/s1. The molecule has 2 aliphatic rings. The van der Waals surface area contributed by atoms with Gasteiger partial charge in [-0.05, 0) is 57.8 Å². The molecule has 0 unspecified atom stereocenters. The van der Waals surface area contributed by atoms with Crippen LogP contribution in [0.2, 0.25) is 0 Å². The van der Waals surface area contributed by atoms with E-state index in [2.05, 4.69) is 34.6 Å². The lowest BCUT2D eigenvalue weighted by Gasteiger charge is -2.57. The molecule has 0 spiro atoms. The van der Waals surface area contributed by atoms with Gasteiger partial charge in [-0.25, -0.2) is 0 Å². The van der Waals surface area contributed by atoms with E-state index in [4.69, 9.17) is 4.74 Å². The quantitative estimate of drug-likeness (QED) is 0.583. The van der Waals surface area contributed by atoms with Crippen molar-refractivity contribution >= 4 is 0 Å². The van der Waals surface area contributed by atoms with Gasteiger partial charge in [0.25, 0.3) is 0 Å². The smallest absolute Gasteiger partial charge is 0.0694 e. The maximum atomic E-state index is 6.40. The Balaban J connectivity index is 2.24. The molecule has 2 atom stereocenters. The molecule has 0 aromatic carbocycles. The second-order valence-electron chi connectivity index (χ2n) is 7.11. The highest BCUT2D eigenvalue weighted by Crippen LogP contribution is 2.54. The highest BCUT2D eigenvalue weighted by Gasteiger charge is 2.52. The average molecular weight is 210 g/mol. The molecule has 15 heavy (non-hydrogen) atoms. The third-order valence-electron chi connectivity index (χ3n) is 4.72. The molecule has 1 saturated carbocycles. The molecule has 1 heteroatoms. The Bertz CT molecular complexity index is 254. The Hall–Kier alpha value is -0.0400. The number of hydrogen-bond acceptors (Lipinski definition) is 1. The second kappa shape index (κ2) is 3.23. The highest BCUT2D eigenvalue weighted by molar-refractivity contribution is 5.01. The van der Waals surface area contributed by atoms with Gasteiger partial charge in [-0.2, -0.15) is 0 Å². The van der Waals surface area contributed by atoms with Crippen molar-refractivity contribution in [3.63, 3.8) is 0 Å². The third kappa shape index (κ3) is 1.95. The van der Waals surface area contributed by atoms with E-state index in [-0.39, 0.29) is 11.2 Å². The summed E-state index contributed by atoms with van der Waals surface area (Å²) < 4.78 is 6.40. The maximum Gasteiger partial charge on any atom is 0.0694 e. The first-order valence-corrected chi connectivity index (χ1v) is 6.45. The van der Waals surface area contributed by atoms with E-state index in [1.165, 1.54) is 32.1 Å². The van der Waals surface area contributed by atoms with Gasteiger partial charge in [0.2, 0.25) is 0 Å². The summed E-state index contributed by atoms with van der Waals surface area (Å²) in [6.07, 6.45) is 6.52. The Morgan fingerprint density at radius 3 is 2.27 bits per heavy atom. The van der Waals surface area contributed by atoms with E-state index >= 15 is 0 Å². The zero-order chi connectivity index (χ0) is 11.3. The van der Waals surface area contributed by atoms with Crippen LogP contribution >= 0.6 is 0 Å². The lowest BCUT2D eigenvalue weighted by atomic mass is 9.58. The molecule has 88 valence electrons. The fourth-order valence-electron chi connectivity index (χ4n) is 4.06. The van der Waals surface area contributed by atoms with E-state index in [0.29, 0.717) is 5.41 Å². The molecular formula is C14H26O. The van der Waals surface area contributed by atoms with E-state index < -0.39 is 0 Å². The molecule has 1 saturated heterocycles. The minimum absolute atomic E-state index is 0.0959. The fourth-order valence-corrected chi connectivity index (χ4v) is 4.06. The molecular weight excluding hydrogens is 184 g/mol. The summed E-state index contributed by atoms with van der Waals surface area (Å²) in [5.41, 5.74) is 0.714. The van der Waals surface area contributed by atoms with Gasteiger partial charge >= 0.3 is 0 Å². The van der Waals surface area contributed by atoms with Crippen molar-refractivity contribution in [2.45, 2.75) is 77.9 Å². The third-order valence-corrected chi connectivity index (χ3v) is 4.72. The number of fused-ring (bicyclic) bond motifs is 1. The molecule has 0 aromatic heterocycles. The van der Waals surface area contributed by atoms with Crippen LogP contribution in [0.4, 0.5) is 0 Å². The molecule has 0 N–H and O–H groups in total. The minimum Gasteiger partial charge on any atom is -0.369 e. The van der Waals surface area contributed by atoms with Crippen LogP contribution in [0.15, 0.2) is 0 Å². The fraction of sp³-hybridized carbons (Fsp3) is 1.00. The summed E-state index contributed by atoms with van der Waals surface area (Å²) in [5.74, 6) is 0.756. The van der Waals surface area contributed by atoms with Crippen LogP contribution < -0.4 is 0 Å². The van der Waals surface area contributed by atoms with Crippen LogP contribution in [0.1, 0.15) is 66.7 Å². The SMILES string of the molecule is CC1(C)CC[C@H]2C(C)(C)CCC[C@]2(C)O1. The molecule has 1 nitrogen and oxygen atoms in total. The van der Waals surface area contributed by atoms with Crippen LogP contribution in [0, 0.1) is 11.3 Å². The van der Waals surface area contributed by atoms with Crippen LogP contribution in [0.25, 0.3) is 0 Å². The molecule has 0 aromatic rings. The molecule has 1 aliphatic heterocycles. The van der Waals surface area contributed by atoms with Crippen molar-refractivity contribution < 1.29 is 4.74 Å². The lowest BCUT2D eigenvalue weighted by Crippen LogP contribution is -2.56. The van der Waals surface area contributed by atoms with Gasteiger partial charge in [0.1, 0.15) is 0 Å². The summed E-state index contributed by atoms with van der Waals surface area (Å²) in [7, 11) is 0. The molecule has 2 rings (SSSR count). The highest BCUT2D eigenvalue weighted by atomic mass is 16.5. The van der Waals surface area contributed by atoms with Crippen molar-refractivity contribution in [1.82, 2.24) is 0 Å². The van der Waals surface area contributed by atoms with Gasteiger partial charge in [-0.15, -0.1) is 0 Å². The largest absolute Gasteiger partial charge is 0.369 e. The van der Waals surface area contributed by atoms with Crippen LogP contribution in [0.3, 0.4) is 0 Å². The molecule has 1 heterocycles. The zero-order valence-corrected chi connectivity index (χ0v) is 11.0. The van der Waals surface area contributed by atoms with Gasteiger partial charge in [0.05, 0.1) is 11.2 Å². The molecule has 2 fully saturated rings. The molecule has 0 bridgehead atoms. The van der Waals surface area contributed by atoms with E-state index in [1.54, 1.807) is 0 Å². The minimum atomic E-state index is 0.0959. The van der Waals surface area contributed by atoms with Gasteiger partial charge in [-0.1, -0.05) is 20.3 Å². The lowest BCUT2D eigenvalue weighted by molar-refractivity contribution is -0.231. The van der Waals surface area contributed by atoms with Crippen molar-refractivity contribution in [1.29, 1.82) is 0 Å². The Kier molecular flexibility index (Phi) is 2.46. The van der Waals surface area contributed by atoms with Crippen LogP contribution in [0.5, 0.6) is 0 Å².